The summed E-state index contributed by atoms with van der Waals surface area (Å²) in [7, 11) is -4.13. The lowest BCUT2D eigenvalue weighted by Gasteiger charge is -2.38. The summed E-state index contributed by atoms with van der Waals surface area (Å²) >= 11 is 0. The van der Waals surface area contributed by atoms with Gasteiger partial charge in [0.25, 0.3) is 5.91 Å². The second-order valence-corrected chi connectivity index (χ2v) is 21.8. The van der Waals surface area contributed by atoms with Crippen molar-refractivity contribution in [2.45, 2.75) is 175 Å². The highest BCUT2D eigenvalue weighted by atomic mass is 32.2. The highest BCUT2D eigenvalue weighted by molar-refractivity contribution is 7.87. The Morgan fingerprint density at radius 1 is 0.810 bits per heavy atom. The maximum Gasteiger partial charge on any atom is 0.303 e. The van der Waals surface area contributed by atoms with Crippen LogP contribution in [0.4, 0.5) is 0 Å². The van der Waals surface area contributed by atoms with E-state index in [4.69, 9.17) is 0 Å². The molecule has 14 nitrogen and oxygen atoms in total. The largest absolute Gasteiger partial charge is 0.343 e. The topological polar surface area (TPSA) is 177 Å². The van der Waals surface area contributed by atoms with Gasteiger partial charge in [0.2, 0.25) is 23.6 Å². The number of carbonyl (C=O) groups is 5. The Bertz CT molecular complexity index is 1720. The average Bonchev–Trinajstić information content (AvgIpc) is 3.67. The van der Waals surface area contributed by atoms with Gasteiger partial charge in [0.05, 0.1) is 6.04 Å². The molecule has 0 aromatic carbocycles. The normalized spacial score (nSPS) is 31.4. The lowest BCUT2D eigenvalue weighted by Crippen LogP contribution is -2.63. The van der Waals surface area contributed by atoms with Crippen LogP contribution in [0.15, 0.2) is 0 Å². The number of likely N-dealkylation sites (N-methyl/N-ethyl adjacent to an activating group) is 1. The molecule has 2 spiro atoms. The molecule has 6 rings (SSSR count). The van der Waals surface area contributed by atoms with Crippen LogP contribution in [0.3, 0.4) is 0 Å². The monoisotopic (exact) mass is 832 g/mol. The Hall–Kier alpha value is -2.78. The molecule has 0 unspecified atom stereocenters. The molecule has 0 aromatic rings. The van der Waals surface area contributed by atoms with Crippen LogP contribution in [-0.2, 0) is 34.2 Å². The highest BCUT2D eigenvalue weighted by Gasteiger charge is 2.85. The number of nitrogens with zero attached hydrogens (tertiary/aromatic N) is 3. The predicted molar refractivity (Wildman–Crippen MR) is 222 cm³/mol. The van der Waals surface area contributed by atoms with Crippen molar-refractivity contribution in [3.8, 4) is 0 Å². The van der Waals surface area contributed by atoms with Crippen molar-refractivity contribution in [1.82, 2.24) is 34.8 Å². The minimum atomic E-state index is -4.13. The molecule has 0 bridgehead atoms. The molecular formula is C43H73N7O7S. The standard InChI is InChI=1S/C43H73N7O7S/c1-10-29-25-43(29,38(55)47-58(56,57)49(12-3)13-4)46-35(52)31-26-42(40(8,9)41(42)22-18-23-41)27-50(31)37(54)33(39(5,6)7)45-36(53)32(28-19-15-14-16-20-28)44-34(51)30-21-17-24-48(30)11-2/h28-33H,10-27H2,1-9H3,(H,44,51)(H,45,53)(H,46,52)(H,47,55)/t29-,30+,31+,32+,33-,42-,43-/m1/s1. The minimum Gasteiger partial charge on any atom is -0.343 e. The fraction of sp³-hybridized carbons (Fsp3) is 0.884. The summed E-state index contributed by atoms with van der Waals surface area (Å²) in [4.78, 5) is 76.1. The van der Waals surface area contributed by atoms with Crippen molar-refractivity contribution in [3.05, 3.63) is 0 Å². The van der Waals surface area contributed by atoms with Gasteiger partial charge >= 0.3 is 10.2 Å². The average molecular weight is 832 g/mol. The van der Waals surface area contributed by atoms with Gasteiger partial charge in [-0.2, -0.15) is 12.7 Å². The highest BCUT2D eigenvalue weighted by Crippen LogP contribution is 2.88. The van der Waals surface area contributed by atoms with Gasteiger partial charge in [-0.1, -0.05) is 94.4 Å². The third-order valence-corrected chi connectivity index (χ3v) is 17.8. The Morgan fingerprint density at radius 3 is 1.98 bits per heavy atom. The molecule has 15 heteroatoms. The summed E-state index contributed by atoms with van der Waals surface area (Å²) in [6, 6.07) is -3.01. The Kier molecular flexibility index (Phi) is 12.5. The predicted octanol–water partition coefficient (Wildman–Crippen LogP) is 3.85. The maximum absolute atomic E-state index is 15.2. The first-order valence-corrected chi connectivity index (χ1v) is 23.9. The van der Waals surface area contributed by atoms with E-state index in [2.05, 4.69) is 39.4 Å². The summed E-state index contributed by atoms with van der Waals surface area (Å²) < 4.78 is 29.7. The first-order chi connectivity index (χ1) is 27.2. The number of hydrogen-bond donors (Lipinski definition) is 4. The zero-order chi connectivity index (χ0) is 42.6. The van der Waals surface area contributed by atoms with Crippen LogP contribution >= 0.6 is 0 Å². The van der Waals surface area contributed by atoms with E-state index in [9.17, 15) is 27.6 Å². The SMILES string of the molecule is CC[C@@H]1C[C@]1(NC(=O)[C@@H]1C[C@@]2(CN1C(=O)[C@@H](NC(=O)[C@@H](NC(=O)[C@@H]1CCCN1CC)C1CCCCC1)C(C)(C)C)C(C)(C)C21CCC1)C(=O)NS(=O)(=O)N(CC)CC. The molecule has 0 aromatic heterocycles. The Labute approximate surface area is 347 Å². The van der Waals surface area contributed by atoms with Gasteiger partial charge in [-0.3, -0.25) is 28.9 Å². The molecule has 4 aliphatic carbocycles. The zero-order valence-electron chi connectivity index (χ0n) is 36.8. The number of rotatable bonds is 15. The van der Waals surface area contributed by atoms with Crippen LogP contribution in [0.25, 0.3) is 0 Å². The molecule has 2 aliphatic heterocycles. The van der Waals surface area contributed by atoms with Crippen LogP contribution < -0.4 is 20.7 Å². The lowest BCUT2D eigenvalue weighted by molar-refractivity contribution is -0.145. The Balaban J connectivity index is 1.28. The van der Waals surface area contributed by atoms with E-state index in [1.807, 2.05) is 34.6 Å². The molecule has 6 aliphatic rings. The van der Waals surface area contributed by atoms with E-state index in [-0.39, 0.29) is 64.9 Å². The maximum atomic E-state index is 15.2. The van der Waals surface area contributed by atoms with E-state index in [1.165, 1.54) is 0 Å². The summed E-state index contributed by atoms with van der Waals surface area (Å²) in [6.45, 7) is 19.9. The third kappa shape index (κ3) is 7.49. The number of nitrogens with one attached hydrogen (secondary N) is 4. The van der Waals surface area contributed by atoms with Gasteiger partial charge < -0.3 is 20.9 Å². The fourth-order valence-electron chi connectivity index (χ4n) is 12.2. The van der Waals surface area contributed by atoms with Gasteiger partial charge in [-0.25, -0.2) is 4.72 Å². The second-order valence-electron chi connectivity index (χ2n) is 20.1. The first-order valence-electron chi connectivity index (χ1n) is 22.5. The number of amides is 5. The number of fused-ring (bicyclic) bond motifs is 1. The molecule has 2 saturated heterocycles. The van der Waals surface area contributed by atoms with Crippen molar-refractivity contribution >= 4 is 39.7 Å². The van der Waals surface area contributed by atoms with Gasteiger partial charge in [-0.15, -0.1) is 0 Å². The molecule has 6 fully saturated rings. The summed E-state index contributed by atoms with van der Waals surface area (Å²) in [5, 5.41) is 9.33. The van der Waals surface area contributed by atoms with E-state index in [0.717, 1.165) is 81.6 Å². The lowest BCUT2D eigenvalue weighted by atomic mass is 9.73. The van der Waals surface area contributed by atoms with Crippen molar-refractivity contribution in [2.24, 2.45) is 33.5 Å². The second kappa shape index (κ2) is 16.2. The summed E-state index contributed by atoms with van der Waals surface area (Å²) in [6.07, 6.45) is 10.7. The van der Waals surface area contributed by atoms with Crippen LogP contribution in [0.2, 0.25) is 0 Å². The molecule has 58 heavy (non-hydrogen) atoms. The fourth-order valence-corrected chi connectivity index (χ4v) is 13.4. The summed E-state index contributed by atoms with van der Waals surface area (Å²) in [5.41, 5.74) is -2.63. The minimum absolute atomic E-state index is 0.00452. The van der Waals surface area contributed by atoms with Crippen LogP contribution in [-0.4, -0.2) is 114 Å². The third-order valence-electron chi connectivity index (χ3n) is 16.2. The zero-order valence-corrected chi connectivity index (χ0v) is 37.6. The van der Waals surface area contributed by atoms with E-state index < -0.39 is 51.1 Å². The smallest absolute Gasteiger partial charge is 0.303 e. The van der Waals surface area contributed by atoms with Crippen molar-refractivity contribution in [1.29, 1.82) is 0 Å². The van der Waals surface area contributed by atoms with E-state index in [1.54, 1.807) is 18.7 Å². The van der Waals surface area contributed by atoms with Gasteiger partial charge in [0.15, 0.2) is 0 Å². The molecule has 4 saturated carbocycles. The van der Waals surface area contributed by atoms with Crippen molar-refractivity contribution in [2.75, 3.05) is 32.7 Å². The molecule has 2 heterocycles. The molecule has 4 N–H and O–H groups in total. The molecule has 5 amide bonds. The van der Waals surface area contributed by atoms with E-state index in [0.29, 0.717) is 25.8 Å². The van der Waals surface area contributed by atoms with Crippen LogP contribution in [0.5, 0.6) is 0 Å². The van der Waals surface area contributed by atoms with Gasteiger partial charge in [0.1, 0.15) is 23.7 Å². The van der Waals surface area contributed by atoms with Crippen LogP contribution in [0.1, 0.15) is 146 Å². The van der Waals surface area contributed by atoms with E-state index >= 15 is 4.79 Å². The molecular weight excluding hydrogens is 759 g/mol. The summed E-state index contributed by atoms with van der Waals surface area (Å²) in [5.74, 6) is -2.43. The Morgan fingerprint density at radius 2 is 1.47 bits per heavy atom. The quantitative estimate of drug-likeness (QED) is 0.192. The molecule has 328 valence electrons. The molecule has 7 atom stereocenters. The van der Waals surface area contributed by atoms with Gasteiger partial charge in [0, 0.05) is 25.0 Å². The first kappa shape index (κ1) is 44.8. The number of hydrogen-bond acceptors (Lipinski definition) is 8. The number of carbonyl (C=O) groups excluding carboxylic acids is 5. The number of likely N-dealkylation sites (tertiary alicyclic amines) is 2. The van der Waals surface area contributed by atoms with Crippen LogP contribution in [0, 0.1) is 33.5 Å². The van der Waals surface area contributed by atoms with Crippen molar-refractivity contribution < 1.29 is 32.4 Å². The van der Waals surface area contributed by atoms with Crippen molar-refractivity contribution in [3.63, 3.8) is 0 Å². The van der Waals surface area contributed by atoms with Gasteiger partial charge in [-0.05, 0) is 92.5 Å². The molecule has 0 radical (unpaired) electrons.